The van der Waals surface area contributed by atoms with Gasteiger partial charge < -0.3 is 5.11 Å². The summed E-state index contributed by atoms with van der Waals surface area (Å²) in [5.74, 6) is 0.0654. The van der Waals surface area contributed by atoms with Crippen molar-refractivity contribution < 1.29 is 9.90 Å². The second kappa shape index (κ2) is 4.30. The number of carboxylic acid groups (broad SMARTS) is 1. The predicted octanol–water partition coefficient (Wildman–Crippen LogP) is 1.68. The van der Waals surface area contributed by atoms with E-state index in [2.05, 4.69) is 25.7 Å². The zero-order chi connectivity index (χ0) is 10.9. The monoisotopic (exact) mass is 199 g/mol. The van der Waals surface area contributed by atoms with Gasteiger partial charge in [0.15, 0.2) is 0 Å². The molecule has 3 heteroatoms. The molecule has 1 unspecified atom stereocenters. The van der Waals surface area contributed by atoms with Gasteiger partial charge in [-0.2, -0.15) is 0 Å². The van der Waals surface area contributed by atoms with E-state index in [0.717, 1.165) is 13.1 Å². The van der Waals surface area contributed by atoms with E-state index in [4.69, 9.17) is 5.11 Å². The van der Waals surface area contributed by atoms with Crippen LogP contribution in [0, 0.1) is 17.8 Å². The largest absolute Gasteiger partial charge is 0.481 e. The SMILES string of the molecule is CC(C)C(C)N1C[C@@H](C)[C@H](C(=O)O)C1. The number of likely N-dealkylation sites (tertiary alicyclic amines) is 1. The Kier molecular flexibility index (Phi) is 3.53. The van der Waals surface area contributed by atoms with Crippen molar-refractivity contribution in [3.05, 3.63) is 0 Å². The van der Waals surface area contributed by atoms with Gasteiger partial charge in [0.25, 0.3) is 0 Å². The highest BCUT2D eigenvalue weighted by molar-refractivity contribution is 5.71. The molecule has 3 atom stereocenters. The molecule has 1 heterocycles. The summed E-state index contributed by atoms with van der Waals surface area (Å²) in [6, 6.07) is 0.488. The third-order valence-corrected chi connectivity index (χ3v) is 3.50. The molecule has 0 aliphatic carbocycles. The topological polar surface area (TPSA) is 40.5 Å². The van der Waals surface area contributed by atoms with Gasteiger partial charge in [-0.05, 0) is 18.8 Å². The third-order valence-electron chi connectivity index (χ3n) is 3.50. The van der Waals surface area contributed by atoms with Gasteiger partial charge in [0.05, 0.1) is 5.92 Å². The minimum absolute atomic E-state index is 0.170. The van der Waals surface area contributed by atoms with Crippen molar-refractivity contribution >= 4 is 5.97 Å². The van der Waals surface area contributed by atoms with Crippen LogP contribution in [-0.2, 0) is 4.79 Å². The summed E-state index contributed by atoms with van der Waals surface area (Å²) in [4.78, 5) is 13.2. The van der Waals surface area contributed by atoms with Crippen LogP contribution in [0.4, 0.5) is 0 Å². The Morgan fingerprint density at radius 2 is 1.93 bits per heavy atom. The fraction of sp³-hybridized carbons (Fsp3) is 0.909. The molecule has 1 N–H and O–H groups in total. The van der Waals surface area contributed by atoms with Crippen molar-refractivity contribution in [2.75, 3.05) is 13.1 Å². The highest BCUT2D eigenvalue weighted by atomic mass is 16.4. The van der Waals surface area contributed by atoms with Gasteiger partial charge in [0, 0.05) is 19.1 Å². The van der Waals surface area contributed by atoms with E-state index in [1.165, 1.54) is 0 Å². The molecule has 14 heavy (non-hydrogen) atoms. The standard InChI is InChI=1S/C11H21NO2/c1-7(2)9(4)12-5-8(3)10(6-12)11(13)14/h7-10H,5-6H2,1-4H3,(H,13,14)/t8-,9?,10-/m1/s1. The van der Waals surface area contributed by atoms with Crippen LogP contribution in [0.3, 0.4) is 0 Å². The van der Waals surface area contributed by atoms with Gasteiger partial charge in [0.2, 0.25) is 0 Å². The van der Waals surface area contributed by atoms with Gasteiger partial charge in [-0.1, -0.05) is 20.8 Å². The third kappa shape index (κ3) is 2.27. The molecule has 0 amide bonds. The summed E-state index contributed by atoms with van der Waals surface area (Å²) in [5.41, 5.74) is 0. The minimum atomic E-state index is -0.643. The fourth-order valence-electron chi connectivity index (χ4n) is 2.08. The Bertz CT molecular complexity index is 215. The maximum absolute atomic E-state index is 10.9. The normalized spacial score (nSPS) is 30.9. The molecular formula is C11H21NO2. The number of aliphatic carboxylic acids is 1. The molecule has 0 bridgehead atoms. The molecule has 0 radical (unpaired) electrons. The van der Waals surface area contributed by atoms with Crippen molar-refractivity contribution in [3.63, 3.8) is 0 Å². The van der Waals surface area contributed by atoms with Crippen LogP contribution in [0.15, 0.2) is 0 Å². The van der Waals surface area contributed by atoms with Gasteiger partial charge in [-0.25, -0.2) is 0 Å². The summed E-state index contributed by atoms with van der Waals surface area (Å²) in [6.07, 6.45) is 0. The van der Waals surface area contributed by atoms with Crippen molar-refractivity contribution in [2.24, 2.45) is 17.8 Å². The lowest BCUT2D eigenvalue weighted by Crippen LogP contribution is -2.35. The Hall–Kier alpha value is -0.570. The van der Waals surface area contributed by atoms with Gasteiger partial charge in [-0.15, -0.1) is 0 Å². The lowest BCUT2D eigenvalue weighted by atomic mass is 9.99. The number of carbonyl (C=O) groups is 1. The average molecular weight is 199 g/mol. The summed E-state index contributed by atoms with van der Waals surface area (Å²) in [5, 5.41) is 9.00. The molecule has 1 saturated heterocycles. The Morgan fingerprint density at radius 3 is 2.29 bits per heavy atom. The number of rotatable bonds is 3. The van der Waals surface area contributed by atoms with E-state index < -0.39 is 5.97 Å². The van der Waals surface area contributed by atoms with Crippen molar-refractivity contribution in [1.29, 1.82) is 0 Å². The summed E-state index contributed by atoms with van der Waals surface area (Å²) in [7, 11) is 0. The average Bonchev–Trinajstić information content (AvgIpc) is 2.45. The van der Waals surface area contributed by atoms with Crippen LogP contribution >= 0.6 is 0 Å². The zero-order valence-electron chi connectivity index (χ0n) is 9.53. The van der Waals surface area contributed by atoms with E-state index in [1.54, 1.807) is 0 Å². The molecule has 0 aromatic carbocycles. The molecule has 0 aromatic heterocycles. The van der Waals surface area contributed by atoms with E-state index in [9.17, 15) is 4.79 Å². The smallest absolute Gasteiger partial charge is 0.308 e. The maximum atomic E-state index is 10.9. The molecule has 1 aliphatic heterocycles. The molecule has 0 aromatic rings. The first-order valence-electron chi connectivity index (χ1n) is 5.40. The van der Waals surface area contributed by atoms with E-state index in [1.807, 2.05) is 6.92 Å². The molecule has 1 fully saturated rings. The first-order chi connectivity index (χ1) is 6.43. The summed E-state index contributed by atoms with van der Waals surface area (Å²) in [6.45, 7) is 10.2. The lowest BCUT2D eigenvalue weighted by Gasteiger charge is -2.27. The molecular weight excluding hydrogens is 178 g/mol. The number of hydrogen-bond acceptors (Lipinski definition) is 2. The zero-order valence-corrected chi connectivity index (χ0v) is 9.53. The highest BCUT2D eigenvalue weighted by Gasteiger charge is 2.36. The van der Waals surface area contributed by atoms with Gasteiger partial charge in [0.1, 0.15) is 0 Å². The Balaban J connectivity index is 2.58. The van der Waals surface area contributed by atoms with E-state index in [-0.39, 0.29) is 11.8 Å². The minimum Gasteiger partial charge on any atom is -0.481 e. The summed E-state index contributed by atoms with van der Waals surface area (Å²) < 4.78 is 0. The van der Waals surface area contributed by atoms with Crippen LogP contribution in [0.25, 0.3) is 0 Å². The van der Waals surface area contributed by atoms with E-state index in [0.29, 0.717) is 12.0 Å². The van der Waals surface area contributed by atoms with Crippen molar-refractivity contribution in [3.8, 4) is 0 Å². The Morgan fingerprint density at radius 1 is 1.36 bits per heavy atom. The van der Waals surface area contributed by atoms with Crippen LogP contribution in [0.2, 0.25) is 0 Å². The highest BCUT2D eigenvalue weighted by Crippen LogP contribution is 2.26. The van der Waals surface area contributed by atoms with Gasteiger partial charge >= 0.3 is 5.97 Å². The van der Waals surface area contributed by atoms with Crippen LogP contribution in [0.1, 0.15) is 27.7 Å². The molecule has 0 spiro atoms. The first kappa shape index (κ1) is 11.5. The van der Waals surface area contributed by atoms with Crippen molar-refractivity contribution in [1.82, 2.24) is 4.90 Å². The van der Waals surface area contributed by atoms with Gasteiger partial charge in [-0.3, -0.25) is 9.69 Å². The molecule has 1 rings (SSSR count). The van der Waals surface area contributed by atoms with Crippen molar-refractivity contribution in [2.45, 2.75) is 33.7 Å². The fourth-order valence-corrected chi connectivity index (χ4v) is 2.08. The molecule has 0 saturated carbocycles. The first-order valence-corrected chi connectivity index (χ1v) is 5.40. The second-order valence-corrected chi connectivity index (χ2v) is 4.86. The number of carboxylic acids is 1. The molecule has 1 aliphatic rings. The Labute approximate surface area is 86.1 Å². The maximum Gasteiger partial charge on any atom is 0.308 e. The number of hydrogen-bond donors (Lipinski definition) is 1. The second-order valence-electron chi connectivity index (χ2n) is 4.86. The number of nitrogens with zero attached hydrogens (tertiary/aromatic N) is 1. The lowest BCUT2D eigenvalue weighted by molar-refractivity contribution is -0.142. The van der Waals surface area contributed by atoms with Crippen LogP contribution in [0.5, 0.6) is 0 Å². The quantitative estimate of drug-likeness (QED) is 0.752. The van der Waals surface area contributed by atoms with Crippen LogP contribution in [-0.4, -0.2) is 35.1 Å². The van der Waals surface area contributed by atoms with Crippen LogP contribution < -0.4 is 0 Å². The van der Waals surface area contributed by atoms with E-state index >= 15 is 0 Å². The molecule has 3 nitrogen and oxygen atoms in total. The predicted molar refractivity (Wildman–Crippen MR) is 56.2 cm³/mol. The summed E-state index contributed by atoms with van der Waals surface area (Å²) >= 11 is 0. The molecule has 82 valence electrons.